The van der Waals surface area contributed by atoms with Gasteiger partial charge in [0.15, 0.2) is 0 Å². The molecule has 0 amide bonds. The predicted molar refractivity (Wildman–Crippen MR) is 129 cm³/mol. The van der Waals surface area contributed by atoms with Gasteiger partial charge in [-0.1, -0.05) is 105 Å². The summed E-state index contributed by atoms with van der Waals surface area (Å²) in [6.07, 6.45) is 2.30. The fourth-order valence-electron chi connectivity index (χ4n) is 4.82. The molecule has 0 aliphatic rings. The lowest BCUT2D eigenvalue weighted by molar-refractivity contribution is 0.283. The molecule has 29 heavy (non-hydrogen) atoms. The van der Waals surface area contributed by atoms with Crippen molar-refractivity contribution in [2.24, 2.45) is 10.8 Å². The second-order valence-corrected chi connectivity index (χ2v) is 13.3. The highest BCUT2D eigenvalue weighted by Crippen LogP contribution is 2.40. The quantitative estimate of drug-likeness (QED) is 0.460. The fraction of sp³-hybridized carbons (Fsp3) is 0.571. The molecule has 0 heterocycles. The molecule has 0 spiro atoms. The zero-order chi connectivity index (χ0) is 22.1. The van der Waals surface area contributed by atoms with Crippen LogP contribution in [-0.2, 0) is 10.8 Å². The standard InChI is InChI=1S/C28H40S/c1-25(2,3)19-27(7,8)21-13-11-15-23(17-21)29-24-16-12-14-22(18-24)28(9,10)20-26(4,5)6/h11-14,17-18H,19-20H2,1-10H3. The summed E-state index contributed by atoms with van der Waals surface area (Å²) >= 11 is 1.77. The van der Waals surface area contributed by atoms with Gasteiger partial charge in [-0.25, -0.2) is 0 Å². The van der Waals surface area contributed by atoms with E-state index in [4.69, 9.17) is 0 Å². The Hall–Kier alpha value is -1.21. The molecule has 0 fully saturated rings. The minimum absolute atomic E-state index is 0.142. The lowest BCUT2D eigenvalue weighted by atomic mass is 9.72. The highest BCUT2D eigenvalue weighted by molar-refractivity contribution is 7.99. The molecule has 2 radical (unpaired) electrons. The summed E-state index contributed by atoms with van der Waals surface area (Å²) in [7, 11) is 0. The first-order valence-electron chi connectivity index (χ1n) is 10.8. The molecule has 1 heteroatoms. The summed E-state index contributed by atoms with van der Waals surface area (Å²) in [5.41, 5.74) is 3.66. The van der Waals surface area contributed by atoms with E-state index in [1.54, 1.807) is 11.8 Å². The monoisotopic (exact) mass is 408 g/mol. The van der Waals surface area contributed by atoms with Crippen molar-refractivity contribution >= 4 is 11.8 Å². The van der Waals surface area contributed by atoms with E-state index in [0.717, 1.165) is 12.8 Å². The Morgan fingerprint density at radius 2 is 0.966 bits per heavy atom. The third-order valence-corrected chi connectivity index (χ3v) is 6.19. The van der Waals surface area contributed by atoms with Crippen molar-refractivity contribution in [1.82, 2.24) is 0 Å². The van der Waals surface area contributed by atoms with Gasteiger partial charge in [-0.15, -0.1) is 0 Å². The molecule has 0 aromatic heterocycles. The van der Waals surface area contributed by atoms with Crippen LogP contribution in [0.15, 0.2) is 46.2 Å². The largest absolute Gasteiger partial charge is 0.0888 e. The maximum atomic E-state index is 3.43. The van der Waals surface area contributed by atoms with Crippen molar-refractivity contribution in [2.45, 2.75) is 103 Å². The van der Waals surface area contributed by atoms with Crippen molar-refractivity contribution < 1.29 is 0 Å². The van der Waals surface area contributed by atoms with E-state index >= 15 is 0 Å². The molecule has 0 saturated carbocycles. The molecule has 0 saturated heterocycles. The predicted octanol–water partition coefficient (Wildman–Crippen LogP) is 8.87. The van der Waals surface area contributed by atoms with Crippen molar-refractivity contribution in [3.8, 4) is 0 Å². The average molecular weight is 409 g/mol. The Morgan fingerprint density at radius 1 is 0.621 bits per heavy atom. The molecule has 158 valence electrons. The highest BCUT2D eigenvalue weighted by Gasteiger charge is 2.28. The number of rotatable bonds is 6. The second kappa shape index (κ2) is 8.50. The molecular weight excluding hydrogens is 368 g/mol. The van der Waals surface area contributed by atoms with Gasteiger partial charge in [-0.3, -0.25) is 0 Å². The van der Waals surface area contributed by atoms with Crippen LogP contribution in [0.4, 0.5) is 0 Å². The minimum atomic E-state index is 0.142. The van der Waals surface area contributed by atoms with Crippen LogP contribution in [-0.4, -0.2) is 0 Å². The summed E-state index contributed by atoms with van der Waals surface area (Å²) in [4.78, 5) is 2.35. The van der Waals surface area contributed by atoms with Crippen LogP contribution in [0.2, 0.25) is 0 Å². The summed E-state index contributed by atoms with van der Waals surface area (Å²) in [5, 5.41) is 0. The summed E-state index contributed by atoms with van der Waals surface area (Å²) in [6.45, 7) is 23.3. The molecule has 0 unspecified atom stereocenters. The Morgan fingerprint density at radius 3 is 1.28 bits per heavy atom. The lowest BCUT2D eigenvalue weighted by Gasteiger charge is -2.33. The summed E-state index contributed by atoms with van der Waals surface area (Å²) < 4.78 is 0. The van der Waals surface area contributed by atoms with Crippen molar-refractivity contribution in [3.63, 3.8) is 0 Å². The molecule has 0 bridgehead atoms. The molecule has 0 atom stereocenters. The van der Waals surface area contributed by atoms with Crippen molar-refractivity contribution in [3.05, 3.63) is 59.7 Å². The van der Waals surface area contributed by atoms with Gasteiger partial charge < -0.3 is 0 Å². The molecule has 2 aromatic carbocycles. The topological polar surface area (TPSA) is 0 Å². The van der Waals surface area contributed by atoms with E-state index in [-0.39, 0.29) is 10.8 Å². The molecular formula is C28H40S. The Kier molecular flexibility index (Phi) is 7.05. The van der Waals surface area contributed by atoms with E-state index in [1.165, 1.54) is 20.9 Å². The van der Waals surface area contributed by atoms with Crippen LogP contribution < -0.4 is 0 Å². The van der Waals surface area contributed by atoms with Crippen LogP contribution in [0, 0.1) is 23.0 Å². The highest BCUT2D eigenvalue weighted by atomic mass is 32.2. The van der Waals surface area contributed by atoms with Crippen LogP contribution in [0.5, 0.6) is 0 Å². The maximum Gasteiger partial charge on any atom is 0.0204 e. The number of hydrogen-bond donors (Lipinski definition) is 0. The Balaban J connectivity index is 2.25. The van der Waals surface area contributed by atoms with E-state index in [9.17, 15) is 0 Å². The molecule has 0 aliphatic carbocycles. The third kappa shape index (κ3) is 7.52. The van der Waals surface area contributed by atoms with Gasteiger partial charge in [0.25, 0.3) is 0 Å². The smallest absolute Gasteiger partial charge is 0.0204 e. The van der Waals surface area contributed by atoms with Gasteiger partial charge in [-0.2, -0.15) is 0 Å². The Bertz CT molecular complexity index is 743. The van der Waals surface area contributed by atoms with Crippen molar-refractivity contribution in [2.75, 3.05) is 0 Å². The number of hydrogen-bond acceptors (Lipinski definition) is 1. The van der Waals surface area contributed by atoms with E-state index < -0.39 is 0 Å². The maximum absolute atomic E-state index is 3.43. The van der Waals surface area contributed by atoms with Gasteiger partial charge >= 0.3 is 0 Å². The Labute approximate surface area is 184 Å². The molecule has 0 aliphatic heterocycles. The second-order valence-electron chi connectivity index (χ2n) is 12.2. The minimum Gasteiger partial charge on any atom is -0.0888 e. The first-order chi connectivity index (χ1) is 13.1. The zero-order valence-electron chi connectivity index (χ0n) is 20.3. The number of benzene rings is 2. The van der Waals surface area contributed by atoms with Gasteiger partial charge in [0.1, 0.15) is 0 Å². The molecule has 0 nitrogen and oxygen atoms in total. The average Bonchev–Trinajstić information content (AvgIpc) is 2.51. The first-order valence-corrected chi connectivity index (χ1v) is 11.6. The van der Waals surface area contributed by atoms with Crippen LogP contribution in [0.1, 0.15) is 93.2 Å². The normalized spacial score (nSPS) is 13.6. The van der Waals surface area contributed by atoms with Crippen LogP contribution in [0.3, 0.4) is 0 Å². The fourth-order valence-corrected chi connectivity index (χ4v) is 5.69. The molecule has 2 rings (SSSR count). The lowest BCUT2D eigenvalue weighted by Crippen LogP contribution is -2.24. The van der Waals surface area contributed by atoms with E-state index in [0.29, 0.717) is 10.8 Å². The molecule has 2 aromatic rings. The zero-order valence-corrected chi connectivity index (χ0v) is 21.1. The first kappa shape index (κ1) is 24.1. The van der Waals surface area contributed by atoms with E-state index in [1.807, 2.05) is 0 Å². The summed E-state index contributed by atoms with van der Waals surface area (Å²) in [6, 6.07) is 20.1. The van der Waals surface area contributed by atoms with Gasteiger partial charge in [0.2, 0.25) is 0 Å². The van der Waals surface area contributed by atoms with Gasteiger partial charge in [-0.05, 0) is 69.9 Å². The van der Waals surface area contributed by atoms with Gasteiger partial charge in [0, 0.05) is 9.79 Å². The van der Waals surface area contributed by atoms with Crippen LogP contribution in [0.25, 0.3) is 0 Å². The van der Waals surface area contributed by atoms with Crippen LogP contribution >= 0.6 is 11.8 Å². The summed E-state index contributed by atoms with van der Waals surface area (Å²) in [5.74, 6) is 0. The van der Waals surface area contributed by atoms with Crippen molar-refractivity contribution in [1.29, 1.82) is 0 Å². The molecule has 0 N–H and O–H groups in total. The third-order valence-electron chi connectivity index (χ3n) is 5.28. The van der Waals surface area contributed by atoms with E-state index in [2.05, 4.69) is 118 Å². The SMILES string of the molecule is CC(C)(C)CC(C)(C)c1cc[c]c(Sc2[c]ccc(C(C)(C)CC(C)(C)C)c2)c1. The van der Waals surface area contributed by atoms with Gasteiger partial charge in [0.05, 0.1) is 0 Å².